The molecule has 8 heteroatoms. The third-order valence-electron chi connectivity index (χ3n) is 3.82. The first kappa shape index (κ1) is 16.3. The van der Waals surface area contributed by atoms with Crippen LogP contribution in [0.15, 0.2) is 64.8 Å². The molecule has 0 spiro atoms. The molecule has 0 atom stereocenters. The van der Waals surface area contributed by atoms with Crippen LogP contribution in [0.5, 0.6) is 5.75 Å². The highest BCUT2D eigenvalue weighted by atomic mass is 32.2. The van der Waals surface area contributed by atoms with Gasteiger partial charge in [-0.15, -0.1) is 0 Å². The van der Waals surface area contributed by atoms with Gasteiger partial charge in [-0.05, 0) is 36.4 Å². The van der Waals surface area contributed by atoms with Crippen molar-refractivity contribution in [1.82, 2.24) is 24.7 Å². The lowest BCUT2D eigenvalue weighted by atomic mass is 10.3. The average Bonchev–Trinajstić information content (AvgIpc) is 3.12. The Hall–Kier alpha value is -3.13. The van der Waals surface area contributed by atoms with Gasteiger partial charge in [-0.1, -0.05) is 17.8 Å². The fourth-order valence-corrected chi connectivity index (χ4v) is 3.28. The molecule has 3 heterocycles. The van der Waals surface area contributed by atoms with Crippen molar-refractivity contribution < 1.29 is 4.74 Å². The number of benzene rings is 1. The number of rotatable bonds is 5. The zero-order chi connectivity index (χ0) is 17.9. The smallest absolute Gasteiger partial charge is 0.262 e. The summed E-state index contributed by atoms with van der Waals surface area (Å²) in [7, 11) is 1.62. The van der Waals surface area contributed by atoms with Crippen molar-refractivity contribution in [2.24, 2.45) is 0 Å². The van der Waals surface area contributed by atoms with Crippen molar-refractivity contribution >= 4 is 22.8 Å². The number of H-pyrrole nitrogens is 1. The van der Waals surface area contributed by atoms with E-state index in [1.165, 1.54) is 18.0 Å². The highest BCUT2D eigenvalue weighted by molar-refractivity contribution is 7.98. The van der Waals surface area contributed by atoms with Crippen molar-refractivity contribution in [2.45, 2.75) is 10.9 Å². The van der Waals surface area contributed by atoms with Gasteiger partial charge in [0.1, 0.15) is 11.1 Å². The Kier molecular flexibility index (Phi) is 4.40. The van der Waals surface area contributed by atoms with Crippen LogP contribution >= 0.6 is 11.8 Å². The number of aromatic nitrogens is 5. The number of hydrogen-bond donors (Lipinski definition) is 1. The fraction of sp³-hybridized carbons (Fsp3) is 0.111. The van der Waals surface area contributed by atoms with E-state index in [1.54, 1.807) is 18.0 Å². The number of thioether (sulfide) groups is 1. The number of hydrogen-bond acceptors (Lipinski definition) is 6. The lowest BCUT2D eigenvalue weighted by Gasteiger charge is -2.05. The maximum Gasteiger partial charge on any atom is 0.262 e. The van der Waals surface area contributed by atoms with E-state index in [2.05, 4.69) is 20.1 Å². The van der Waals surface area contributed by atoms with Gasteiger partial charge in [0.15, 0.2) is 10.8 Å². The Labute approximate surface area is 153 Å². The summed E-state index contributed by atoms with van der Waals surface area (Å²) in [5.74, 6) is 1.37. The molecule has 1 aromatic carbocycles. The molecule has 4 aromatic rings. The first-order chi connectivity index (χ1) is 12.7. The lowest BCUT2D eigenvalue weighted by molar-refractivity contribution is 0.414. The Balaban J connectivity index is 1.69. The van der Waals surface area contributed by atoms with Gasteiger partial charge >= 0.3 is 0 Å². The molecule has 26 heavy (non-hydrogen) atoms. The lowest BCUT2D eigenvalue weighted by Crippen LogP contribution is -2.09. The SMILES string of the molecule is COc1ccc(-n2ncc3c(=O)[nH]c(SCc4ccccn4)nc32)cc1. The van der Waals surface area contributed by atoms with E-state index in [9.17, 15) is 4.79 Å². The molecule has 0 aliphatic carbocycles. The third kappa shape index (κ3) is 3.18. The highest BCUT2D eigenvalue weighted by Gasteiger charge is 2.12. The number of nitrogens with one attached hydrogen (secondary N) is 1. The molecule has 0 radical (unpaired) electrons. The van der Waals surface area contributed by atoms with Crippen LogP contribution in [-0.2, 0) is 5.75 Å². The van der Waals surface area contributed by atoms with E-state index in [0.29, 0.717) is 21.9 Å². The fourth-order valence-electron chi connectivity index (χ4n) is 2.50. The summed E-state index contributed by atoms with van der Waals surface area (Å²) in [5, 5.41) is 5.29. The monoisotopic (exact) mass is 365 g/mol. The maximum atomic E-state index is 12.4. The Bertz CT molecular complexity index is 1090. The summed E-state index contributed by atoms with van der Waals surface area (Å²) in [4.78, 5) is 24.0. The first-order valence-corrected chi connectivity index (χ1v) is 8.88. The van der Waals surface area contributed by atoms with Gasteiger partial charge in [0, 0.05) is 11.9 Å². The molecule has 0 unspecified atom stereocenters. The van der Waals surface area contributed by atoms with E-state index in [1.807, 2.05) is 42.5 Å². The largest absolute Gasteiger partial charge is 0.497 e. The molecule has 0 aliphatic heterocycles. The summed E-state index contributed by atoms with van der Waals surface area (Å²) in [6.45, 7) is 0. The van der Waals surface area contributed by atoms with Crippen LogP contribution in [0.3, 0.4) is 0 Å². The van der Waals surface area contributed by atoms with Gasteiger partial charge in [-0.25, -0.2) is 9.67 Å². The molecule has 0 fully saturated rings. The summed E-state index contributed by atoms with van der Waals surface area (Å²) in [6, 6.07) is 13.2. The highest BCUT2D eigenvalue weighted by Crippen LogP contribution is 2.21. The van der Waals surface area contributed by atoms with Crippen molar-refractivity contribution in [3.05, 3.63) is 70.9 Å². The van der Waals surface area contributed by atoms with E-state index >= 15 is 0 Å². The van der Waals surface area contributed by atoms with Gasteiger partial charge in [-0.3, -0.25) is 9.78 Å². The normalized spacial score (nSPS) is 11.0. The van der Waals surface area contributed by atoms with E-state index in [-0.39, 0.29) is 5.56 Å². The maximum absolute atomic E-state index is 12.4. The van der Waals surface area contributed by atoms with Crippen LogP contribution in [0.4, 0.5) is 0 Å². The summed E-state index contributed by atoms with van der Waals surface area (Å²) >= 11 is 1.43. The number of fused-ring (bicyclic) bond motifs is 1. The molecule has 0 amide bonds. The van der Waals surface area contributed by atoms with Gasteiger partial charge in [0.2, 0.25) is 0 Å². The molecule has 0 saturated heterocycles. The third-order valence-corrected chi connectivity index (χ3v) is 4.72. The minimum absolute atomic E-state index is 0.210. The van der Waals surface area contributed by atoms with Crippen LogP contribution in [0.1, 0.15) is 5.69 Å². The van der Waals surface area contributed by atoms with Crippen LogP contribution < -0.4 is 10.3 Å². The molecular formula is C18H15N5O2S. The Morgan fingerprint density at radius 3 is 2.77 bits per heavy atom. The topological polar surface area (TPSA) is 85.7 Å². The van der Waals surface area contributed by atoms with Gasteiger partial charge in [-0.2, -0.15) is 5.10 Å². The Morgan fingerprint density at radius 2 is 2.04 bits per heavy atom. The van der Waals surface area contributed by atoms with Crippen molar-refractivity contribution in [3.8, 4) is 11.4 Å². The van der Waals surface area contributed by atoms with Crippen LogP contribution in [-0.4, -0.2) is 31.8 Å². The predicted octanol–water partition coefficient (Wildman–Crippen LogP) is 2.80. The van der Waals surface area contributed by atoms with Crippen molar-refractivity contribution in [1.29, 1.82) is 0 Å². The van der Waals surface area contributed by atoms with E-state index in [0.717, 1.165) is 17.1 Å². The van der Waals surface area contributed by atoms with Crippen LogP contribution in [0.2, 0.25) is 0 Å². The molecular weight excluding hydrogens is 350 g/mol. The summed E-state index contributed by atoms with van der Waals surface area (Å²) in [6.07, 6.45) is 3.27. The summed E-state index contributed by atoms with van der Waals surface area (Å²) < 4.78 is 6.82. The number of nitrogens with zero attached hydrogens (tertiary/aromatic N) is 4. The standard InChI is InChI=1S/C18H15N5O2S/c1-25-14-7-5-13(6-8-14)23-16-15(10-20-23)17(24)22-18(21-16)26-11-12-4-2-3-9-19-12/h2-10H,11H2,1H3,(H,21,22,24). The van der Waals surface area contributed by atoms with Crippen LogP contribution in [0.25, 0.3) is 16.7 Å². The molecule has 130 valence electrons. The number of pyridine rings is 1. The molecule has 0 aliphatic rings. The predicted molar refractivity (Wildman–Crippen MR) is 99.8 cm³/mol. The molecule has 0 bridgehead atoms. The quantitative estimate of drug-likeness (QED) is 0.432. The first-order valence-electron chi connectivity index (χ1n) is 7.90. The molecule has 7 nitrogen and oxygen atoms in total. The Morgan fingerprint density at radius 1 is 1.19 bits per heavy atom. The minimum Gasteiger partial charge on any atom is -0.497 e. The second-order valence-electron chi connectivity index (χ2n) is 5.47. The summed E-state index contributed by atoms with van der Waals surface area (Å²) in [5.41, 5.74) is 2.03. The van der Waals surface area contributed by atoms with Gasteiger partial charge < -0.3 is 9.72 Å². The molecule has 0 saturated carbocycles. The molecule has 1 N–H and O–H groups in total. The number of methoxy groups -OCH3 is 1. The zero-order valence-electron chi connectivity index (χ0n) is 13.9. The second kappa shape index (κ2) is 7.01. The average molecular weight is 365 g/mol. The number of ether oxygens (including phenoxy) is 1. The van der Waals surface area contributed by atoms with E-state index < -0.39 is 0 Å². The minimum atomic E-state index is -0.210. The zero-order valence-corrected chi connectivity index (χ0v) is 14.7. The molecule has 4 rings (SSSR count). The second-order valence-corrected chi connectivity index (χ2v) is 6.44. The van der Waals surface area contributed by atoms with E-state index in [4.69, 9.17) is 4.74 Å². The van der Waals surface area contributed by atoms with Gasteiger partial charge in [0.25, 0.3) is 5.56 Å². The number of aromatic amines is 1. The van der Waals surface area contributed by atoms with Crippen LogP contribution in [0, 0.1) is 0 Å². The molecule has 3 aromatic heterocycles. The van der Waals surface area contributed by atoms with Crippen molar-refractivity contribution in [2.75, 3.05) is 7.11 Å². The van der Waals surface area contributed by atoms with Crippen molar-refractivity contribution in [3.63, 3.8) is 0 Å². The van der Waals surface area contributed by atoms with Gasteiger partial charge in [0.05, 0.1) is 24.7 Å².